The van der Waals surface area contributed by atoms with Gasteiger partial charge >= 0.3 is 5.97 Å². The molecule has 0 saturated carbocycles. The average Bonchev–Trinajstić information content (AvgIpc) is 3.14. The average molecular weight is 435 g/mol. The van der Waals surface area contributed by atoms with Crippen molar-refractivity contribution in [2.75, 3.05) is 11.9 Å². The SMILES string of the molecule is CCOC(=O)C1=C(C)Nc2nc(SCc3cccc(C)c3)nn2[C@H]1c1ccc(C)cc1. The van der Waals surface area contributed by atoms with Gasteiger partial charge in [0.1, 0.15) is 6.04 Å². The van der Waals surface area contributed by atoms with Crippen LogP contribution in [0, 0.1) is 13.8 Å². The van der Waals surface area contributed by atoms with Crippen molar-refractivity contribution in [2.24, 2.45) is 0 Å². The van der Waals surface area contributed by atoms with E-state index < -0.39 is 6.04 Å². The van der Waals surface area contributed by atoms with E-state index in [0.29, 0.717) is 23.3 Å². The number of aromatic nitrogens is 3. The van der Waals surface area contributed by atoms with E-state index in [1.54, 1.807) is 16.4 Å². The Morgan fingerprint density at radius 3 is 2.61 bits per heavy atom. The van der Waals surface area contributed by atoms with E-state index in [2.05, 4.69) is 41.5 Å². The molecule has 1 atom stereocenters. The maximum atomic E-state index is 12.8. The standard InChI is InChI=1S/C24H26N4O2S/c1-5-30-22(29)20-17(4)25-23-26-24(31-14-18-8-6-7-16(3)13-18)27-28(23)21(20)19-11-9-15(2)10-12-19/h6-13,21H,5,14H2,1-4H3,(H,25,26,27)/t21-/m0/s1. The molecule has 0 amide bonds. The van der Waals surface area contributed by atoms with Gasteiger partial charge < -0.3 is 10.1 Å². The van der Waals surface area contributed by atoms with Crippen LogP contribution < -0.4 is 5.32 Å². The van der Waals surface area contributed by atoms with Crippen LogP contribution in [-0.2, 0) is 15.3 Å². The second kappa shape index (κ2) is 8.98. The molecule has 0 spiro atoms. The summed E-state index contributed by atoms with van der Waals surface area (Å²) in [4.78, 5) is 17.5. The summed E-state index contributed by atoms with van der Waals surface area (Å²) in [7, 11) is 0. The first-order valence-corrected chi connectivity index (χ1v) is 11.3. The molecule has 0 radical (unpaired) electrons. The zero-order chi connectivity index (χ0) is 22.0. The van der Waals surface area contributed by atoms with E-state index in [1.807, 2.05) is 45.0 Å². The number of hydrogen-bond acceptors (Lipinski definition) is 6. The minimum Gasteiger partial charge on any atom is -0.463 e. The Hall–Kier alpha value is -3.06. The van der Waals surface area contributed by atoms with Gasteiger partial charge in [0, 0.05) is 11.4 Å². The number of carbonyl (C=O) groups excluding carboxylic acids is 1. The highest BCUT2D eigenvalue weighted by molar-refractivity contribution is 7.98. The topological polar surface area (TPSA) is 69.0 Å². The van der Waals surface area contributed by atoms with Gasteiger partial charge in [0.05, 0.1) is 12.2 Å². The molecule has 0 unspecified atom stereocenters. The molecule has 3 aromatic rings. The number of carbonyl (C=O) groups is 1. The van der Waals surface area contributed by atoms with Crippen LogP contribution in [0.25, 0.3) is 0 Å². The maximum Gasteiger partial charge on any atom is 0.338 e. The monoisotopic (exact) mass is 434 g/mol. The van der Waals surface area contributed by atoms with Crippen molar-refractivity contribution in [3.05, 3.63) is 82.1 Å². The largest absolute Gasteiger partial charge is 0.463 e. The number of nitrogens with zero attached hydrogens (tertiary/aromatic N) is 3. The summed E-state index contributed by atoms with van der Waals surface area (Å²) < 4.78 is 7.16. The number of ether oxygens (including phenoxy) is 1. The van der Waals surface area contributed by atoms with E-state index >= 15 is 0 Å². The van der Waals surface area contributed by atoms with Crippen LogP contribution >= 0.6 is 11.8 Å². The minimum absolute atomic E-state index is 0.317. The number of thioether (sulfide) groups is 1. The third kappa shape index (κ3) is 4.51. The molecular weight excluding hydrogens is 408 g/mol. The number of allylic oxidation sites excluding steroid dienone is 1. The Morgan fingerprint density at radius 2 is 1.90 bits per heavy atom. The second-order valence-electron chi connectivity index (χ2n) is 7.64. The summed E-state index contributed by atoms with van der Waals surface area (Å²) in [6, 6.07) is 16.2. The molecule has 6 nitrogen and oxygen atoms in total. The zero-order valence-corrected chi connectivity index (χ0v) is 19.0. The molecule has 0 bridgehead atoms. The lowest BCUT2D eigenvalue weighted by Crippen LogP contribution is -2.29. The van der Waals surface area contributed by atoms with Gasteiger partial charge in [-0.1, -0.05) is 71.4 Å². The van der Waals surface area contributed by atoms with Gasteiger partial charge in [0.15, 0.2) is 0 Å². The molecule has 2 heterocycles. The zero-order valence-electron chi connectivity index (χ0n) is 18.2. The Balaban J connectivity index is 1.68. The van der Waals surface area contributed by atoms with E-state index in [0.717, 1.165) is 22.6 Å². The molecule has 4 rings (SSSR count). The quantitative estimate of drug-likeness (QED) is 0.433. The van der Waals surface area contributed by atoms with Crippen LogP contribution in [-0.4, -0.2) is 27.3 Å². The number of benzene rings is 2. The molecular formula is C24H26N4O2S. The number of aryl methyl sites for hydroxylation is 2. The van der Waals surface area contributed by atoms with Gasteiger partial charge in [-0.25, -0.2) is 9.48 Å². The third-order valence-electron chi connectivity index (χ3n) is 5.17. The summed E-state index contributed by atoms with van der Waals surface area (Å²) >= 11 is 1.58. The first-order chi connectivity index (χ1) is 15.0. The lowest BCUT2D eigenvalue weighted by Gasteiger charge is -2.28. The third-order valence-corrected chi connectivity index (χ3v) is 6.08. The number of fused-ring (bicyclic) bond motifs is 1. The molecule has 0 saturated heterocycles. The van der Waals surface area contributed by atoms with Gasteiger partial charge in [-0.05, 0) is 38.8 Å². The van der Waals surface area contributed by atoms with Crippen LogP contribution in [0.1, 0.15) is 42.1 Å². The molecule has 160 valence electrons. The normalized spacial score (nSPS) is 15.4. The maximum absolute atomic E-state index is 12.8. The highest BCUT2D eigenvalue weighted by Gasteiger charge is 2.35. The fraction of sp³-hybridized carbons (Fsp3) is 0.292. The number of nitrogens with one attached hydrogen (secondary N) is 1. The summed E-state index contributed by atoms with van der Waals surface area (Å²) in [5.41, 5.74) is 5.87. The van der Waals surface area contributed by atoms with Crippen molar-refractivity contribution < 1.29 is 9.53 Å². The first-order valence-electron chi connectivity index (χ1n) is 10.3. The molecule has 1 aliphatic rings. The Kier molecular flexibility index (Phi) is 6.13. The predicted molar refractivity (Wildman–Crippen MR) is 123 cm³/mol. The Labute approximate surface area is 186 Å². The first kappa shape index (κ1) is 21.2. The highest BCUT2D eigenvalue weighted by Crippen LogP contribution is 2.37. The number of hydrogen-bond donors (Lipinski definition) is 1. The Bertz CT molecular complexity index is 1130. The summed E-state index contributed by atoms with van der Waals surface area (Å²) in [5, 5.41) is 8.67. The lowest BCUT2D eigenvalue weighted by molar-refractivity contribution is -0.139. The smallest absolute Gasteiger partial charge is 0.338 e. The van der Waals surface area contributed by atoms with Crippen molar-refractivity contribution in [1.82, 2.24) is 14.8 Å². The molecule has 2 aromatic carbocycles. The van der Waals surface area contributed by atoms with Crippen molar-refractivity contribution in [2.45, 2.75) is 44.6 Å². The van der Waals surface area contributed by atoms with Crippen LogP contribution in [0.15, 0.2) is 65.0 Å². The molecule has 1 aromatic heterocycles. The highest BCUT2D eigenvalue weighted by atomic mass is 32.2. The lowest BCUT2D eigenvalue weighted by atomic mass is 9.95. The van der Waals surface area contributed by atoms with Crippen molar-refractivity contribution in [3.63, 3.8) is 0 Å². The number of rotatable bonds is 6. The minimum atomic E-state index is -0.392. The van der Waals surface area contributed by atoms with E-state index in [4.69, 9.17) is 9.84 Å². The molecule has 0 fully saturated rings. The molecule has 1 aliphatic heterocycles. The van der Waals surface area contributed by atoms with Crippen LogP contribution in [0.3, 0.4) is 0 Å². The summed E-state index contributed by atoms with van der Waals surface area (Å²) in [6.07, 6.45) is 0. The van der Waals surface area contributed by atoms with Gasteiger partial charge in [-0.15, -0.1) is 5.10 Å². The van der Waals surface area contributed by atoms with Gasteiger partial charge in [-0.3, -0.25) is 0 Å². The van der Waals surface area contributed by atoms with Crippen LogP contribution in [0.5, 0.6) is 0 Å². The molecule has 7 heteroatoms. The second-order valence-corrected chi connectivity index (χ2v) is 8.58. The van der Waals surface area contributed by atoms with Gasteiger partial charge in [0.25, 0.3) is 0 Å². The van der Waals surface area contributed by atoms with E-state index in [1.165, 1.54) is 11.1 Å². The molecule has 31 heavy (non-hydrogen) atoms. The van der Waals surface area contributed by atoms with Crippen molar-refractivity contribution >= 4 is 23.7 Å². The van der Waals surface area contributed by atoms with Gasteiger partial charge in [-0.2, -0.15) is 4.98 Å². The number of anilines is 1. The van der Waals surface area contributed by atoms with Crippen molar-refractivity contribution in [3.8, 4) is 0 Å². The summed E-state index contributed by atoms with van der Waals surface area (Å²) in [6.45, 7) is 8.14. The fourth-order valence-corrected chi connectivity index (χ4v) is 4.44. The van der Waals surface area contributed by atoms with Crippen LogP contribution in [0.2, 0.25) is 0 Å². The van der Waals surface area contributed by atoms with E-state index in [-0.39, 0.29) is 5.97 Å². The van der Waals surface area contributed by atoms with E-state index in [9.17, 15) is 4.79 Å². The van der Waals surface area contributed by atoms with Gasteiger partial charge in [0.2, 0.25) is 11.1 Å². The molecule has 0 aliphatic carbocycles. The molecule has 1 N–H and O–H groups in total. The fourth-order valence-electron chi connectivity index (χ4n) is 3.67. The van der Waals surface area contributed by atoms with Crippen molar-refractivity contribution in [1.29, 1.82) is 0 Å². The number of esters is 1. The summed E-state index contributed by atoms with van der Waals surface area (Å²) in [5.74, 6) is 1.06. The predicted octanol–water partition coefficient (Wildman–Crippen LogP) is 5.04. The Morgan fingerprint density at radius 1 is 1.13 bits per heavy atom. The van der Waals surface area contributed by atoms with Crippen LogP contribution in [0.4, 0.5) is 5.95 Å².